The first-order valence-corrected chi connectivity index (χ1v) is 7.84. The molecule has 136 valence electrons. The molecule has 1 aromatic carbocycles. The molecule has 2 rings (SSSR count). The van der Waals surface area contributed by atoms with E-state index in [0.29, 0.717) is 6.42 Å². The Morgan fingerprint density at radius 2 is 2.08 bits per heavy atom. The number of hydrogen-bond acceptors (Lipinski definition) is 4. The minimum Gasteiger partial charge on any atom is -0.459 e. The second kappa shape index (κ2) is 7.91. The molecule has 0 bridgehead atoms. The van der Waals surface area contributed by atoms with Crippen LogP contribution in [-0.2, 0) is 15.7 Å². The van der Waals surface area contributed by atoms with Crippen molar-refractivity contribution in [3.63, 3.8) is 0 Å². The third kappa shape index (κ3) is 4.76. The van der Waals surface area contributed by atoms with Gasteiger partial charge in [0.25, 0.3) is 0 Å². The number of hydrogen-bond donors (Lipinski definition) is 0. The Morgan fingerprint density at radius 3 is 2.69 bits per heavy atom. The minimum absolute atomic E-state index is 0.162. The van der Waals surface area contributed by atoms with E-state index in [1.165, 1.54) is 30.3 Å². The number of carbonyl (C=O) groups excluding carboxylic acids is 1. The highest BCUT2D eigenvalue weighted by Gasteiger charge is 2.30. The van der Waals surface area contributed by atoms with E-state index < -0.39 is 17.7 Å². The number of halogens is 3. The fourth-order valence-electron chi connectivity index (χ4n) is 2.04. The summed E-state index contributed by atoms with van der Waals surface area (Å²) in [7, 11) is 0. The van der Waals surface area contributed by atoms with Gasteiger partial charge in [0, 0.05) is 11.6 Å². The summed E-state index contributed by atoms with van der Waals surface area (Å²) in [5.41, 5.74) is -0.811. The molecule has 0 spiro atoms. The Morgan fingerprint density at radius 1 is 1.35 bits per heavy atom. The number of esters is 1. The van der Waals surface area contributed by atoms with Crippen LogP contribution in [0.5, 0.6) is 0 Å². The second-order valence-electron chi connectivity index (χ2n) is 5.57. The molecule has 0 aliphatic heterocycles. The molecule has 0 fully saturated rings. The van der Waals surface area contributed by atoms with E-state index in [2.05, 4.69) is 0 Å². The topological polar surface area (TPSA) is 63.2 Å². The zero-order valence-electron chi connectivity index (χ0n) is 14.1. The van der Waals surface area contributed by atoms with Gasteiger partial charge >= 0.3 is 12.1 Å². The van der Waals surface area contributed by atoms with E-state index >= 15 is 0 Å². The van der Waals surface area contributed by atoms with Crippen LogP contribution in [0.1, 0.15) is 31.6 Å². The van der Waals surface area contributed by atoms with Gasteiger partial charge in [0.05, 0.1) is 11.7 Å². The normalized spacial score (nSPS) is 13.2. The average molecular weight is 363 g/mol. The van der Waals surface area contributed by atoms with Gasteiger partial charge in [-0.2, -0.15) is 18.4 Å². The first-order chi connectivity index (χ1) is 12.2. The number of benzene rings is 1. The van der Waals surface area contributed by atoms with E-state index in [1.54, 1.807) is 13.0 Å². The molecule has 1 heterocycles. The monoisotopic (exact) mass is 363 g/mol. The van der Waals surface area contributed by atoms with Crippen LogP contribution >= 0.6 is 0 Å². The zero-order chi connectivity index (χ0) is 19.3. The number of nitrogens with zero attached hydrogens (tertiary/aromatic N) is 1. The summed E-state index contributed by atoms with van der Waals surface area (Å²) in [6.45, 7) is 3.53. The van der Waals surface area contributed by atoms with Crippen molar-refractivity contribution in [3.05, 3.63) is 53.3 Å². The highest BCUT2D eigenvalue weighted by molar-refractivity contribution is 5.97. The Balaban J connectivity index is 2.27. The van der Waals surface area contributed by atoms with Crippen LogP contribution in [0.15, 0.2) is 46.4 Å². The lowest BCUT2D eigenvalue weighted by molar-refractivity contribution is -0.143. The lowest BCUT2D eigenvalue weighted by Gasteiger charge is -2.09. The number of nitriles is 1. The summed E-state index contributed by atoms with van der Waals surface area (Å²) in [6.07, 6.45) is -3.00. The summed E-state index contributed by atoms with van der Waals surface area (Å²) in [6, 6.07) is 9.35. The van der Waals surface area contributed by atoms with Crippen molar-refractivity contribution in [2.24, 2.45) is 0 Å². The van der Waals surface area contributed by atoms with Gasteiger partial charge in [-0.3, -0.25) is 0 Å². The van der Waals surface area contributed by atoms with Crippen molar-refractivity contribution in [2.45, 2.75) is 32.5 Å². The van der Waals surface area contributed by atoms with Crippen molar-refractivity contribution in [1.29, 1.82) is 5.26 Å². The van der Waals surface area contributed by atoms with Crippen LogP contribution in [0.2, 0.25) is 0 Å². The van der Waals surface area contributed by atoms with E-state index in [4.69, 9.17) is 14.4 Å². The lowest BCUT2D eigenvalue weighted by atomic mass is 10.1. The summed E-state index contributed by atoms with van der Waals surface area (Å²) < 4.78 is 48.9. The molecule has 0 unspecified atom stereocenters. The summed E-state index contributed by atoms with van der Waals surface area (Å²) in [5, 5.41) is 9.11. The Bertz CT molecular complexity index is 859. The van der Waals surface area contributed by atoms with Gasteiger partial charge in [0.15, 0.2) is 0 Å². The Labute approximate surface area is 148 Å². The van der Waals surface area contributed by atoms with E-state index in [-0.39, 0.29) is 28.8 Å². The van der Waals surface area contributed by atoms with Gasteiger partial charge < -0.3 is 9.15 Å². The summed E-state index contributed by atoms with van der Waals surface area (Å²) in [5.74, 6) is -0.427. The number of carbonyl (C=O) groups is 1. The van der Waals surface area contributed by atoms with Crippen LogP contribution in [-0.4, -0.2) is 12.1 Å². The van der Waals surface area contributed by atoms with Crippen molar-refractivity contribution < 1.29 is 27.1 Å². The van der Waals surface area contributed by atoms with Gasteiger partial charge in [-0.1, -0.05) is 19.1 Å². The molecule has 7 heteroatoms. The molecule has 26 heavy (non-hydrogen) atoms. The Hall–Kier alpha value is -3.01. The predicted octanol–water partition coefficient (Wildman–Crippen LogP) is 5.21. The predicted molar refractivity (Wildman–Crippen MR) is 88.6 cm³/mol. The number of ether oxygens (including phenoxy) is 1. The maximum atomic E-state index is 12.8. The maximum Gasteiger partial charge on any atom is 0.416 e. The first-order valence-electron chi connectivity index (χ1n) is 7.84. The van der Waals surface area contributed by atoms with Crippen molar-refractivity contribution >= 4 is 12.0 Å². The maximum absolute atomic E-state index is 12.8. The van der Waals surface area contributed by atoms with Gasteiger partial charge in [0.2, 0.25) is 0 Å². The minimum atomic E-state index is -4.46. The molecular formula is C19H16F3NO3. The molecule has 0 aliphatic carbocycles. The SMILES string of the molecule is CC[C@H](C)OC(=O)/C(C#N)=C\c1ccc(-c2cccc(C(F)(F)F)c2)o1. The molecule has 1 atom stereocenters. The van der Waals surface area contributed by atoms with Gasteiger partial charge in [-0.25, -0.2) is 4.79 Å². The number of furan rings is 1. The first kappa shape index (κ1) is 19.3. The molecule has 1 aromatic heterocycles. The third-order valence-corrected chi connectivity index (χ3v) is 3.61. The van der Waals surface area contributed by atoms with Crippen molar-refractivity contribution in [2.75, 3.05) is 0 Å². The van der Waals surface area contributed by atoms with Gasteiger partial charge in [-0.15, -0.1) is 0 Å². The molecule has 0 amide bonds. The number of alkyl halides is 3. The standard InChI is InChI=1S/C19H16F3NO3/c1-3-12(2)25-18(24)14(11-23)10-16-7-8-17(26-16)13-5-4-6-15(9-13)19(20,21)22/h4-10,12H,3H2,1-2H3/b14-10-/t12-/m0/s1. The molecule has 0 N–H and O–H groups in total. The quantitative estimate of drug-likeness (QED) is 0.415. The highest BCUT2D eigenvalue weighted by atomic mass is 19.4. The van der Waals surface area contributed by atoms with Gasteiger partial charge in [-0.05, 0) is 37.6 Å². The van der Waals surface area contributed by atoms with E-state index in [9.17, 15) is 18.0 Å². The summed E-state index contributed by atoms with van der Waals surface area (Å²) in [4.78, 5) is 11.9. The average Bonchev–Trinajstić information content (AvgIpc) is 3.07. The van der Waals surface area contributed by atoms with Crippen LogP contribution < -0.4 is 0 Å². The number of rotatable bonds is 5. The highest BCUT2D eigenvalue weighted by Crippen LogP contribution is 2.32. The van der Waals surface area contributed by atoms with Crippen LogP contribution in [0.4, 0.5) is 13.2 Å². The van der Waals surface area contributed by atoms with Crippen LogP contribution in [0.3, 0.4) is 0 Å². The second-order valence-corrected chi connectivity index (χ2v) is 5.57. The van der Waals surface area contributed by atoms with Crippen molar-refractivity contribution in [1.82, 2.24) is 0 Å². The van der Waals surface area contributed by atoms with Crippen LogP contribution in [0, 0.1) is 11.3 Å². The molecular weight excluding hydrogens is 347 g/mol. The van der Waals surface area contributed by atoms with Crippen molar-refractivity contribution in [3.8, 4) is 17.4 Å². The Kier molecular flexibility index (Phi) is 5.88. The molecule has 4 nitrogen and oxygen atoms in total. The van der Waals surface area contributed by atoms with Crippen LogP contribution in [0.25, 0.3) is 17.4 Å². The third-order valence-electron chi connectivity index (χ3n) is 3.61. The summed E-state index contributed by atoms with van der Waals surface area (Å²) >= 11 is 0. The smallest absolute Gasteiger partial charge is 0.416 e. The molecule has 2 aromatic rings. The zero-order valence-corrected chi connectivity index (χ0v) is 14.1. The van der Waals surface area contributed by atoms with Gasteiger partial charge in [0.1, 0.15) is 23.2 Å². The molecule has 0 saturated heterocycles. The fraction of sp³-hybridized carbons (Fsp3) is 0.263. The van der Waals surface area contributed by atoms with E-state index in [0.717, 1.165) is 12.1 Å². The fourth-order valence-corrected chi connectivity index (χ4v) is 2.04. The largest absolute Gasteiger partial charge is 0.459 e. The van der Waals surface area contributed by atoms with E-state index in [1.807, 2.05) is 6.92 Å². The molecule has 0 aliphatic rings. The lowest BCUT2D eigenvalue weighted by Crippen LogP contribution is -2.15. The molecule has 0 radical (unpaired) electrons. The molecule has 0 saturated carbocycles.